The number of ether oxygens (including phenoxy) is 1. The Morgan fingerprint density at radius 3 is 2.89 bits per heavy atom. The van der Waals surface area contributed by atoms with Gasteiger partial charge >= 0.3 is 0 Å². The minimum atomic E-state index is -0.555. The fraction of sp³-hybridized carbons (Fsp3) is 0.600. The number of benzene rings is 1. The summed E-state index contributed by atoms with van der Waals surface area (Å²) in [5.74, 6) is 0. The molecule has 18 heavy (non-hydrogen) atoms. The largest absolute Gasteiger partial charge is 0.390 e. The topological polar surface area (TPSA) is 41.5 Å². The van der Waals surface area contributed by atoms with Gasteiger partial charge in [0.25, 0.3) is 0 Å². The Balaban J connectivity index is 1.77. The van der Waals surface area contributed by atoms with E-state index >= 15 is 0 Å². The second-order valence-corrected chi connectivity index (χ2v) is 5.49. The Hall–Kier alpha value is -0.900. The zero-order chi connectivity index (χ0) is 12.4. The van der Waals surface area contributed by atoms with Gasteiger partial charge in [-0.15, -0.1) is 0 Å². The molecule has 3 nitrogen and oxygen atoms in total. The predicted octanol–water partition coefficient (Wildman–Crippen LogP) is 1.80. The zero-order valence-corrected chi connectivity index (χ0v) is 10.7. The van der Waals surface area contributed by atoms with Gasteiger partial charge in [-0.1, -0.05) is 24.3 Å². The number of fused-ring (bicyclic) bond motifs is 1. The third kappa shape index (κ3) is 2.44. The van der Waals surface area contributed by atoms with Crippen molar-refractivity contribution in [3.05, 3.63) is 35.4 Å². The summed E-state index contributed by atoms with van der Waals surface area (Å²) in [4.78, 5) is 0. The molecule has 0 radical (unpaired) electrons. The van der Waals surface area contributed by atoms with E-state index in [1.807, 2.05) is 0 Å². The quantitative estimate of drug-likeness (QED) is 0.837. The first-order valence-electron chi connectivity index (χ1n) is 6.89. The van der Waals surface area contributed by atoms with Gasteiger partial charge in [-0.25, -0.2) is 0 Å². The first kappa shape index (κ1) is 12.2. The maximum absolute atomic E-state index is 10.6. The highest BCUT2D eigenvalue weighted by molar-refractivity contribution is 5.31. The highest BCUT2D eigenvalue weighted by Crippen LogP contribution is 2.36. The van der Waals surface area contributed by atoms with Crippen molar-refractivity contribution in [2.75, 3.05) is 19.7 Å². The second-order valence-electron chi connectivity index (χ2n) is 5.49. The highest BCUT2D eigenvalue weighted by atomic mass is 16.5. The third-order valence-electron chi connectivity index (χ3n) is 4.19. The van der Waals surface area contributed by atoms with Crippen LogP contribution < -0.4 is 5.32 Å². The van der Waals surface area contributed by atoms with Crippen molar-refractivity contribution in [3.63, 3.8) is 0 Å². The summed E-state index contributed by atoms with van der Waals surface area (Å²) in [6.07, 6.45) is 3.45. The van der Waals surface area contributed by atoms with E-state index in [1.54, 1.807) is 0 Å². The summed E-state index contributed by atoms with van der Waals surface area (Å²) in [5, 5.41) is 13.9. The van der Waals surface area contributed by atoms with E-state index in [1.165, 1.54) is 11.1 Å². The molecule has 0 aromatic heterocycles. The average molecular weight is 247 g/mol. The molecule has 0 aliphatic carbocycles. The maximum atomic E-state index is 10.6. The Labute approximate surface area is 108 Å². The van der Waals surface area contributed by atoms with Gasteiger partial charge in [-0.05, 0) is 43.5 Å². The number of aliphatic hydroxyl groups is 1. The van der Waals surface area contributed by atoms with E-state index in [0.717, 1.165) is 45.4 Å². The summed E-state index contributed by atoms with van der Waals surface area (Å²) in [6, 6.07) is 8.47. The summed E-state index contributed by atoms with van der Waals surface area (Å²) in [6.45, 7) is 2.59. The maximum Gasteiger partial charge on any atom is 0.0855 e. The van der Waals surface area contributed by atoms with Crippen molar-refractivity contribution < 1.29 is 9.84 Å². The lowest BCUT2D eigenvalue weighted by Crippen LogP contribution is -2.43. The lowest BCUT2D eigenvalue weighted by molar-refractivity contribution is -0.0605. The summed E-state index contributed by atoms with van der Waals surface area (Å²) >= 11 is 0. The molecule has 1 unspecified atom stereocenters. The van der Waals surface area contributed by atoms with Gasteiger partial charge in [0.1, 0.15) is 0 Å². The Morgan fingerprint density at radius 1 is 1.28 bits per heavy atom. The van der Waals surface area contributed by atoms with Crippen LogP contribution in [0.2, 0.25) is 0 Å². The first-order valence-corrected chi connectivity index (χ1v) is 6.89. The molecule has 1 aromatic carbocycles. The lowest BCUT2D eigenvalue weighted by atomic mass is 9.83. The number of piperidine rings is 1. The minimum absolute atomic E-state index is 0.0676. The van der Waals surface area contributed by atoms with Gasteiger partial charge in [0, 0.05) is 6.42 Å². The van der Waals surface area contributed by atoms with Gasteiger partial charge in [0.2, 0.25) is 0 Å². The molecule has 3 rings (SSSR count). The fourth-order valence-corrected chi connectivity index (χ4v) is 3.09. The SMILES string of the molecule is OC1(CC2OCCc3ccccc32)CCNCC1. The molecule has 0 amide bonds. The van der Waals surface area contributed by atoms with Crippen LogP contribution in [-0.4, -0.2) is 30.4 Å². The zero-order valence-electron chi connectivity index (χ0n) is 10.7. The van der Waals surface area contributed by atoms with E-state index in [4.69, 9.17) is 4.74 Å². The van der Waals surface area contributed by atoms with Gasteiger partial charge in [0.15, 0.2) is 0 Å². The van der Waals surface area contributed by atoms with E-state index in [9.17, 15) is 5.11 Å². The number of nitrogens with one attached hydrogen (secondary N) is 1. The van der Waals surface area contributed by atoms with Crippen molar-refractivity contribution in [2.24, 2.45) is 0 Å². The Kier molecular flexibility index (Phi) is 3.37. The van der Waals surface area contributed by atoms with E-state index in [-0.39, 0.29) is 6.10 Å². The molecule has 0 spiro atoms. The van der Waals surface area contributed by atoms with Gasteiger partial charge < -0.3 is 15.2 Å². The lowest BCUT2D eigenvalue weighted by Gasteiger charge is -2.37. The van der Waals surface area contributed by atoms with Crippen molar-refractivity contribution in [2.45, 2.75) is 37.4 Å². The molecule has 1 atom stereocenters. The third-order valence-corrected chi connectivity index (χ3v) is 4.19. The predicted molar refractivity (Wildman–Crippen MR) is 70.5 cm³/mol. The molecule has 2 heterocycles. The monoisotopic (exact) mass is 247 g/mol. The van der Waals surface area contributed by atoms with Gasteiger partial charge in [-0.2, -0.15) is 0 Å². The van der Waals surface area contributed by atoms with Crippen molar-refractivity contribution in [3.8, 4) is 0 Å². The molecule has 1 fully saturated rings. The van der Waals surface area contributed by atoms with Gasteiger partial charge in [0.05, 0.1) is 18.3 Å². The molecular formula is C15H21NO2. The standard InChI is InChI=1S/C15H21NO2/c17-15(6-8-16-9-7-15)11-14-13-4-2-1-3-12(13)5-10-18-14/h1-4,14,16-17H,5-11H2. The highest BCUT2D eigenvalue weighted by Gasteiger charge is 2.34. The molecule has 0 bridgehead atoms. The van der Waals surface area contributed by atoms with Crippen LogP contribution in [-0.2, 0) is 11.2 Å². The van der Waals surface area contributed by atoms with Crippen LogP contribution in [0.4, 0.5) is 0 Å². The summed E-state index contributed by atoms with van der Waals surface area (Å²) in [7, 11) is 0. The minimum Gasteiger partial charge on any atom is -0.390 e. The van der Waals surface area contributed by atoms with Crippen LogP contribution >= 0.6 is 0 Å². The van der Waals surface area contributed by atoms with Crippen LogP contribution in [0.25, 0.3) is 0 Å². The van der Waals surface area contributed by atoms with Gasteiger partial charge in [-0.3, -0.25) is 0 Å². The van der Waals surface area contributed by atoms with Crippen LogP contribution in [0, 0.1) is 0 Å². The number of rotatable bonds is 2. The molecule has 98 valence electrons. The van der Waals surface area contributed by atoms with Crippen LogP contribution in [0.5, 0.6) is 0 Å². The smallest absolute Gasteiger partial charge is 0.0855 e. The number of hydrogen-bond acceptors (Lipinski definition) is 3. The molecular weight excluding hydrogens is 226 g/mol. The van der Waals surface area contributed by atoms with Crippen molar-refractivity contribution in [1.29, 1.82) is 0 Å². The first-order chi connectivity index (χ1) is 8.77. The van der Waals surface area contributed by atoms with E-state index in [2.05, 4.69) is 29.6 Å². The second kappa shape index (κ2) is 5.00. The molecule has 2 aliphatic rings. The Morgan fingerprint density at radius 2 is 2.06 bits per heavy atom. The molecule has 3 heteroatoms. The van der Waals surface area contributed by atoms with Crippen LogP contribution in [0.3, 0.4) is 0 Å². The molecule has 2 aliphatic heterocycles. The van der Waals surface area contributed by atoms with Crippen LogP contribution in [0.1, 0.15) is 36.5 Å². The molecule has 1 saturated heterocycles. The Bertz CT molecular complexity index is 413. The molecule has 1 aromatic rings. The molecule has 0 saturated carbocycles. The average Bonchev–Trinajstić information content (AvgIpc) is 2.40. The summed E-state index contributed by atoms with van der Waals surface area (Å²) < 4.78 is 5.89. The normalized spacial score (nSPS) is 26.6. The van der Waals surface area contributed by atoms with Crippen molar-refractivity contribution in [1.82, 2.24) is 5.32 Å². The van der Waals surface area contributed by atoms with Crippen molar-refractivity contribution >= 4 is 0 Å². The van der Waals surface area contributed by atoms with E-state index < -0.39 is 5.60 Å². The molecule has 2 N–H and O–H groups in total. The number of hydrogen-bond donors (Lipinski definition) is 2. The van der Waals surface area contributed by atoms with E-state index in [0.29, 0.717) is 0 Å². The summed E-state index contributed by atoms with van der Waals surface area (Å²) in [5.41, 5.74) is 2.10. The fourth-order valence-electron chi connectivity index (χ4n) is 3.09. The van der Waals surface area contributed by atoms with Crippen LogP contribution in [0.15, 0.2) is 24.3 Å².